The molecular formula is C19H20N2S. The highest BCUT2D eigenvalue weighted by atomic mass is 32.2. The fourth-order valence-corrected chi connectivity index (χ4v) is 3.73. The Morgan fingerprint density at radius 3 is 2.59 bits per heavy atom. The van der Waals surface area contributed by atoms with Gasteiger partial charge in [-0.25, -0.2) is 0 Å². The molecule has 0 amide bonds. The van der Waals surface area contributed by atoms with Crippen molar-refractivity contribution in [2.75, 3.05) is 11.4 Å². The zero-order chi connectivity index (χ0) is 15.4. The lowest BCUT2D eigenvalue weighted by Gasteiger charge is -2.17. The summed E-state index contributed by atoms with van der Waals surface area (Å²) in [6.07, 6.45) is 2.19. The molecule has 0 bridgehead atoms. The Morgan fingerprint density at radius 1 is 1.09 bits per heavy atom. The monoisotopic (exact) mass is 308 g/mol. The second-order valence-electron chi connectivity index (χ2n) is 5.24. The fourth-order valence-electron chi connectivity index (χ4n) is 2.51. The topological polar surface area (TPSA) is 15.6 Å². The van der Waals surface area contributed by atoms with Crippen molar-refractivity contribution >= 4 is 23.2 Å². The largest absolute Gasteiger partial charge is 0.335 e. The van der Waals surface area contributed by atoms with Crippen molar-refractivity contribution in [2.24, 2.45) is 4.99 Å². The van der Waals surface area contributed by atoms with Gasteiger partial charge < -0.3 is 4.90 Å². The van der Waals surface area contributed by atoms with Crippen LogP contribution in [0.1, 0.15) is 19.4 Å². The van der Waals surface area contributed by atoms with Crippen LogP contribution in [0.4, 0.5) is 5.69 Å². The number of nitrogens with zero attached hydrogens (tertiary/aromatic N) is 2. The second kappa shape index (κ2) is 6.84. The Bertz CT molecular complexity index is 704. The number of hydrogen-bond donors (Lipinski definition) is 0. The predicted molar refractivity (Wildman–Crippen MR) is 96.7 cm³/mol. The van der Waals surface area contributed by atoms with Gasteiger partial charge in [0.05, 0.1) is 17.3 Å². The van der Waals surface area contributed by atoms with Crippen LogP contribution in [0.25, 0.3) is 0 Å². The molecule has 0 atom stereocenters. The summed E-state index contributed by atoms with van der Waals surface area (Å²) in [6, 6.07) is 18.9. The van der Waals surface area contributed by atoms with E-state index in [1.54, 1.807) is 0 Å². The first kappa shape index (κ1) is 14.9. The van der Waals surface area contributed by atoms with Crippen LogP contribution in [0.5, 0.6) is 0 Å². The lowest BCUT2D eigenvalue weighted by molar-refractivity contribution is 1.00. The predicted octanol–water partition coefficient (Wildman–Crippen LogP) is 5.12. The molecule has 22 heavy (non-hydrogen) atoms. The Kier molecular flexibility index (Phi) is 4.64. The van der Waals surface area contributed by atoms with Crippen LogP contribution >= 0.6 is 11.8 Å². The summed E-state index contributed by atoms with van der Waals surface area (Å²) in [5.74, 6) is 0. The average molecular weight is 308 g/mol. The quantitative estimate of drug-likeness (QED) is 0.728. The Labute approximate surface area is 136 Å². The molecule has 2 aromatic rings. The van der Waals surface area contributed by atoms with Gasteiger partial charge in [0, 0.05) is 17.2 Å². The van der Waals surface area contributed by atoms with Gasteiger partial charge in [0.1, 0.15) is 0 Å². The maximum absolute atomic E-state index is 4.69. The van der Waals surface area contributed by atoms with E-state index >= 15 is 0 Å². The molecule has 3 rings (SSSR count). The summed E-state index contributed by atoms with van der Waals surface area (Å²) < 4.78 is 0. The van der Waals surface area contributed by atoms with E-state index in [1.807, 2.05) is 17.8 Å². The van der Waals surface area contributed by atoms with Gasteiger partial charge in [-0.1, -0.05) is 54.2 Å². The summed E-state index contributed by atoms with van der Waals surface area (Å²) in [5.41, 5.74) is 3.62. The fraction of sp³-hybridized carbons (Fsp3) is 0.211. The summed E-state index contributed by atoms with van der Waals surface area (Å²) in [5, 5.41) is 1.26. The highest BCUT2D eigenvalue weighted by Gasteiger charge is 2.23. The summed E-state index contributed by atoms with van der Waals surface area (Å²) in [7, 11) is 0. The minimum atomic E-state index is 0.736. The number of benzene rings is 2. The number of allylic oxidation sites excluding steroid dienone is 1. The number of hydrogen-bond acceptors (Lipinski definition) is 3. The van der Waals surface area contributed by atoms with Gasteiger partial charge in [-0.05, 0) is 37.6 Å². The smallest absolute Gasteiger partial charge is 0.0819 e. The van der Waals surface area contributed by atoms with Crippen LogP contribution in [0.15, 0.2) is 75.6 Å². The molecule has 2 nitrogen and oxygen atoms in total. The van der Waals surface area contributed by atoms with Crippen molar-refractivity contribution in [3.8, 4) is 0 Å². The van der Waals surface area contributed by atoms with Gasteiger partial charge in [-0.15, -0.1) is 0 Å². The molecular weight excluding hydrogens is 288 g/mol. The average Bonchev–Trinajstić information content (AvgIpc) is 2.91. The molecule has 0 spiro atoms. The minimum Gasteiger partial charge on any atom is -0.335 e. The molecule has 0 saturated carbocycles. The molecule has 2 aromatic carbocycles. The molecule has 3 heteroatoms. The molecule has 112 valence electrons. The van der Waals surface area contributed by atoms with Crippen LogP contribution < -0.4 is 4.90 Å². The molecule has 1 heterocycles. The summed E-state index contributed by atoms with van der Waals surface area (Å²) >= 11 is 1.83. The second-order valence-corrected chi connectivity index (χ2v) is 6.30. The maximum Gasteiger partial charge on any atom is 0.0819 e. The Balaban J connectivity index is 1.77. The Morgan fingerprint density at radius 2 is 1.82 bits per heavy atom. The molecule has 0 unspecified atom stereocenters. The van der Waals surface area contributed by atoms with Crippen molar-refractivity contribution < 1.29 is 0 Å². The van der Waals surface area contributed by atoms with Gasteiger partial charge in [0.25, 0.3) is 0 Å². The molecule has 0 fully saturated rings. The molecule has 0 aliphatic carbocycles. The highest BCUT2D eigenvalue weighted by molar-refractivity contribution is 8.03. The lowest BCUT2D eigenvalue weighted by atomic mass is 10.2. The van der Waals surface area contributed by atoms with Crippen LogP contribution in [0.2, 0.25) is 0 Å². The number of anilines is 1. The third kappa shape index (κ3) is 3.25. The van der Waals surface area contributed by atoms with E-state index in [4.69, 9.17) is 0 Å². The van der Waals surface area contributed by atoms with E-state index in [1.165, 1.54) is 21.2 Å². The van der Waals surface area contributed by atoms with E-state index in [0.29, 0.717) is 0 Å². The van der Waals surface area contributed by atoms with E-state index in [9.17, 15) is 0 Å². The minimum absolute atomic E-state index is 0.736. The van der Waals surface area contributed by atoms with Crippen molar-refractivity contribution in [2.45, 2.75) is 25.3 Å². The van der Waals surface area contributed by atoms with Crippen molar-refractivity contribution in [3.05, 3.63) is 71.3 Å². The van der Waals surface area contributed by atoms with Gasteiger partial charge >= 0.3 is 0 Å². The van der Waals surface area contributed by atoms with Crippen LogP contribution in [-0.2, 0) is 6.54 Å². The molecule has 1 aliphatic heterocycles. The Hall–Kier alpha value is -2.00. The molecule has 0 N–H and O–H groups in total. The first-order valence-corrected chi connectivity index (χ1v) is 8.40. The first-order valence-electron chi connectivity index (χ1n) is 7.59. The standard InChI is InChI=1S/C19H20N2S/c1-3-21-17-11-7-8-12-18(17)22-19(21)13-15(2)20-14-16-9-5-4-6-10-16/h4-13H,3,14H2,1-2H3/b19-13-,20-15?. The third-order valence-corrected chi connectivity index (χ3v) is 4.75. The number of thioether (sulfide) groups is 1. The van der Waals surface area contributed by atoms with Crippen LogP contribution in [0, 0.1) is 0 Å². The van der Waals surface area contributed by atoms with Crippen molar-refractivity contribution in [1.82, 2.24) is 0 Å². The molecule has 0 saturated heterocycles. The zero-order valence-electron chi connectivity index (χ0n) is 13.0. The summed E-state index contributed by atoms with van der Waals surface area (Å²) in [4.78, 5) is 8.36. The van der Waals surface area contributed by atoms with Gasteiger partial charge in [-0.2, -0.15) is 0 Å². The number of aliphatic imine (C=N–C) groups is 1. The van der Waals surface area contributed by atoms with Gasteiger partial charge in [-0.3, -0.25) is 4.99 Å². The van der Waals surface area contributed by atoms with E-state index < -0.39 is 0 Å². The van der Waals surface area contributed by atoms with E-state index in [-0.39, 0.29) is 0 Å². The van der Waals surface area contributed by atoms with Gasteiger partial charge in [0.2, 0.25) is 0 Å². The maximum atomic E-state index is 4.69. The normalized spacial score (nSPS) is 16.2. The van der Waals surface area contributed by atoms with E-state index in [2.05, 4.69) is 78.3 Å². The van der Waals surface area contributed by atoms with Gasteiger partial charge in [0.15, 0.2) is 0 Å². The summed E-state index contributed by atoms with van der Waals surface area (Å²) in [6.45, 7) is 5.97. The molecule has 1 aliphatic rings. The van der Waals surface area contributed by atoms with Crippen molar-refractivity contribution in [1.29, 1.82) is 0 Å². The first-order chi connectivity index (χ1) is 10.8. The van der Waals surface area contributed by atoms with Crippen molar-refractivity contribution in [3.63, 3.8) is 0 Å². The highest BCUT2D eigenvalue weighted by Crippen LogP contribution is 2.45. The van der Waals surface area contributed by atoms with Crippen LogP contribution in [-0.4, -0.2) is 12.3 Å². The van der Waals surface area contributed by atoms with Crippen LogP contribution in [0.3, 0.4) is 0 Å². The lowest BCUT2D eigenvalue weighted by Crippen LogP contribution is -2.17. The number of fused-ring (bicyclic) bond motifs is 1. The van der Waals surface area contributed by atoms with E-state index in [0.717, 1.165) is 18.8 Å². The zero-order valence-corrected chi connectivity index (χ0v) is 13.8. The third-order valence-electron chi connectivity index (χ3n) is 3.64. The molecule has 0 radical (unpaired) electrons. The number of para-hydroxylation sites is 1. The SMILES string of the molecule is CCN1/C(=C/C(C)=NCc2ccccc2)Sc2ccccc21. The number of rotatable bonds is 4. The molecule has 0 aromatic heterocycles.